The smallest absolute Gasteiger partial charge is 0.128 e. The van der Waals surface area contributed by atoms with E-state index in [1.54, 1.807) is 0 Å². The molecule has 6 heteroatoms. The molecule has 3 aromatic rings. The van der Waals surface area contributed by atoms with Crippen molar-refractivity contribution in [1.82, 2.24) is 15.3 Å². The van der Waals surface area contributed by atoms with Crippen molar-refractivity contribution in [2.75, 3.05) is 0 Å². The Hall–Kier alpha value is -2.65. The first-order valence-corrected chi connectivity index (χ1v) is 10.7. The van der Waals surface area contributed by atoms with Crippen LogP contribution in [0.2, 0.25) is 0 Å². The average Bonchev–Trinajstić information content (AvgIpc) is 3.26. The first-order valence-electron chi connectivity index (χ1n) is 10.2. The molecule has 6 rings (SSSR count). The van der Waals surface area contributed by atoms with Crippen molar-refractivity contribution in [2.24, 2.45) is 4.99 Å². The van der Waals surface area contributed by atoms with Gasteiger partial charge in [0.25, 0.3) is 0 Å². The second-order valence-electron chi connectivity index (χ2n) is 8.25. The predicted molar refractivity (Wildman–Crippen MR) is 119 cm³/mol. The monoisotopic (exact) mass is 402 g/mol. The van der Waals surface area contributed by atoms with Crippen molar-refractivity contribution in [1.29, 1.82) is 0 Å². The Kier molecular flexibility index (Phi) is 3.67. The fourth-order valence-corrected chi connectivity index (χ4v) is 5.23. The summed E-state index contributed by atoms with van der Waals surface area (Å²) in [6.45, 7) is 4.79. The van der Waals surface area contributed by atoms with Gasteiger partial charge in [-0.05, 0) is 67.1 Å². The van der Waals surface area contributed by atoms with E-state index in [1.165, 1.54) is 39.1 Å². The van der Waals surface area contributed by atoms with Gasteiger partial charge in [-0.2, -0.15) is 0 Å². The van der Waals surface area contributed by atoms with E-state index in [2.05, 4.69) is 56.8 Å². The van der Waals surface area contributed by atoms with Crippen LogP contribution in [0.25, 0.3) is 22.4 Å². The minimum Gasteiger partial charge on any atom is -0.488 e. The van der Waals surface area contributed by atoms with Crippen molar-refractivity contribution in [3.8, 4) is 28.1 Å². The van der Waals surface area contributed by atoms with Gasteiger partial charge in [0, 0.05) is 16.8 Å². The van der Waals surface area contributed by atoms with E-state index in [4.69, 9.17) is 14.7 Å². The Balaban J connectivity index is 1.43. The molecule has 1 aliphatic carbocycles. The number of aliphatic imine (C=N–C) groups is 1. The van der Waals surface area contributed by atoms with Crippen molar-refractivity contribution in [2.45, 2.75) is 45.4 Å². The molecule has 5 nitrogen and oxygen atoms in total. The number of hydrogen-bond acceptors (Lipinski definition) is 4. The summed E-state index contributed by atoms with van der Waals surface area (Å²) in [6.07, 6.45) is 2.05. The van der Waals surface area contributed by atoms with Gasteiger partial charge in [-0.1, -0.05) is 21.4 Å². The van der Waals surface area contributed by atoms with Crippen LogP contribution in [0.3, 0.4) is 0 Å². The maximum absolute atomic E-state index is 6.20. The highest BCUT2D eigenvalue weighted by Crippen LogP contribution is 2.43. The molecule has 2 N–H and O–H groups in total. The highest BCUT2D eigenvalue weighted by molar-refractivity contribution is 7.26. The number of imidazole rings is 1. The summed E-state index contributed by atoms with van der Waals surface area (Å²) in [5.41, 5.74) is 10.8. The Bertz CT molecular complexity index is 1200. The quantitative estimate of drug-likeness (QED) is 0.611. The highest BCUT2D eigenvalue weighted by Gasteiger charge is 2.28. The lowest BCUT2D eigenvalue weighted by Crippen LogP contribution is -2.26. The second-order valence-corrected chi connectivity index (χ2v) is 8.80. The topological polar surface area (TPSA) is 62.3 Å². The molecule has 2 aliphatic heterocycles. The minimum absolute atomic E-state index is 0.146. The van der Waals surface area contributed by atoms with Crippen LogP contribution < -0.4 is 15.6 Å². The number of amidine groups is 1. The van der Waals surface area contributed by atoms with E-state index in [0.717, 1.165) is 35.7 Å². The van der Waals surface area contributed by atoms with Crippen molar-refractivity contribution in [3.63, 3.8) is 0 Å². The molecular weight excluding hydrogens is 379 g/mol. The molecule has 0 bridgehead atoms. The van der Waals surface area contributed by atoms with Gasteiger partial charge in [0.1, 0.15) is 17.9 Å². The number of ether oxygens (including phenoxy) is 1. The van der Waals surface area contributed by atoms with Crippen LogP contribution in [0.15, 0.2) is 35.3 Å². The number of aromatic amines is 1. The van der Waals surface area contributed by atoms with E-state index < -0.39 is 0 Å². The first-order chi connectivity index (χ1) is 14.1. The Morgan fingerprint density at radius 2 is 1.93 bits per heavy atom. The Morgan fingerprint density at radius 3 is 2.76 bits per heavy atom. The molecule has 2 aromatic carbocycles. The van der Waals surface area contributed by atoms with Gasteiger partial charge < -0.3 is 15.0 Å². The zero-order valence-electron chi connectivity index (χ0n) is 16.5. The molecule has 0 saturated carbocycles. The van der Waals surface area contributed by atoms with Crippen molar-refractivity contribution in [3.05, 3.63) is 52.7 Å². The summed E-state index contributed by atoms with van der Waals surface area (Å²) in [5, 5.41) is 3.40. The molecule has 3 heterocycles. The second kappa shape index (κ2) is 6.17. The van der Waals surface area contributed by atoms with Crippen LogP contribution >= 0.6 is 9.24 Å². The lowest BCUT2D eigenvalue weighted by atomic mass is 9.85. The zero-order valence-corrected chi connectivity index (χ0v) is 17.7. The summed E-state index contributed by atoms with van der Waals surface area (Å²) in [5.74, 6) is 1.97. The van der Waals surface area contributed by atoms with Gasteiger partial charge in [-0.3, -0.25) is 4.99 Å². The maximum atomic E-state index is 6.20. The number of hydrogen-bond donors (Lipinski definition) is 2. The van der Waals surface area contributed by atoms with E-state index in [1.807, 2.05) is 6.92 Å². The number of fused-ring (bicyclic) bond motifs is 6. The fourth-order valence-electron chi connectivity index (χ4n) is 4.93. The molecule has 0 amide bonds. The number of rotatable bonds is 1. The van der Waals surface area contributed by atoms with Crippen LogP contribution in [0.4, 0.5) is 0 Å². The lowest BCUT2D eigenvalue weighted by molar-refractivity contribution is 0.301. The average molecular weight is 402 g/mol. The summed E-state index contributed by atoms with van der Waals surface area (Å²) >= 11 is 0. The maximum Gasteiger partial charge on any atom is 0.128 e. The summed E-state index contributed by atoms with van der Waals surface area (Å²) < 4.78 is 6.20. The lowest BCUT2D eigenvalue weighted by Gasteiger charge is -2.26. The molecule has 0 spiro atoms. The van der Waals surface area contributed by atoms with Gasteiger partial charge >= 0.3 is 0 Å². The van der Waals surface area contributed by atoms with Gasteiger partial charge in [0.05, 0.1) is 23.6 Å². The summed E-state index contributed by atoms with van der Waals surface area (Å²) in [4.78, 5) is 12.8. The fraction of sp³-hybridized carbons (Fsp3) is 0.304. The number of benzene rings is 2. The molecule has 29 heavy (non-hydrogen) atoms. The number of aromatic nitrogens is 2. The minimum atomic E-state index is 0.146. The van der Waals surface area contributed by atoms with E-state index in [-0.39, 0.29) is 6.04 Å². The SMILES string of the molecule is CC1=NC(c2ccc3c(c2)OCc2cc4c(cc2-3)CCc2[nH]c(P)nc2-4)C(C)N1. The highest BCUT2D eigenvalue weighted by atomic mass is 31.0. The first kappa shape index (κ1) is 17.2. The standard InChI is InChI=1S/C23H23N4OP/c1-11-21(25-12(2)24-11)14-3-5-16-17-7-13-4-6-19-22(27-23(29)26-19)18(13)8-15(17)10-28-20(16)9-14/h3,5,7-9,11,21H,4,6,10,29H2,1-2H3,(H,24,25)(H,26,27). The van der Waals surface area contributed by atoms with Crippen LogP contribution in [-0.2, 0) is 19.4 Å². The third-order valence-corrected chi connectivity index (χ3v) is 6.56. The van der Waals surface area contributed by atoms with E-state index in [9.17, 15) is 0 Å². The third-order valence-electron chi connectivity index (χ3n) is 6.29. The van der Waals surface area contributed by atoms with Gasteiger partial charge in [-0.25, -0.2) is 4.98 Å². The molecular formula is C23H23N4OP. The van der Waals surface area contributed by atoms with E-state index >= 15 is 0 Å². The molecule has 3 aliphatic rings. The zero-order chi connectivity index (χ0) is 19.7. The number of aryl methyl sites for hydroxylation is 2. The van der Waals surface area contributed by atoms with Gasteiger partial charge in [0.2, 0.25) is 0 Å². The molecule has 3 atom stereocenters. The summed E-state index contributed by atoms with van der Waals surface area (Å²) in [7, 11) is 2.67. The number of H-pyrrole nitrogens is 1. The Morgan fingerprint density at radius 1 is 1.07 bits per heavy atom. The molecule has 0 radical (unpaired) electrons. The predicted octanol–water partition coefficient (Wildman–Crippen LogP) is 3.69. The van der Waals surface area contributed by atoms with Gasteiger partial charge in [-0.15, -0.1) is 0 Å². The van der Waals surface area contributed by atoms with Crippen molar-refractivity contribution < 1.29 is 4.74 Å². The van der Waals surface area contributed by atoms with Gasteiger partial charge in [0.15, 0.2) is 0 Å². The third kappa shape index (κ3) is 2.64. The van der Waals surface area contributed by atoms with Crippen LogP contribution in [0.5, 0.6) is 5.75 Å². The van der Waals surface area contributed by atoms with Crippen LogP contribution in [0, 0.1) is 0 Å². The molecule has 3 unspecified atom stereocenters. The molecule has 0 saturated heterocycles. The van der Waals surface area contributed by atoms with Crippen LogP contribution in [-0.4, -0.2) is 21.8 Å². The molecule has 0 fully saturated rings. The normalized spacial score (nSPS) is 21.3. The molecule has 146 valence electrons. The number of nitrogens with zero attached hydrogens (tertiary/aromatic N) is 2. The largest absolute Gasteiger partial charge is 0.488 e. The molecule has 1 aromatic heterocycles. The van der Waals surface area contributed by atoms with Crippen LogP contribution in [0.1, 0.15) is 42.3 Å². The van der Waals surface area contributed by atoms with Crippen molar-refractivity contribution >= 4 is 20.6 Å². The van der Waals surface area contributed by atoms with E-state index in [0.29, 0.717) is 12.6 Å². The number of nitrogens with one attached hydrogen (secondary N) is 2. The Labute approximate surface area is 172 Å². The summed E-state index contributed by atoms with van der Waals surface area (Å²) in [6, 6.07) is 11.7.